The zero-order valence-corrected chi connectivity index (χ0v) is 11.9. The van der Waals surface area contributed by atoms with Gasteiger partial charge in [0.1, 0.15) is 11.6 Å². The van der Waals surface area contributed by atoms with Crippen LogP contribution in [-0.4, -0.2) is 15.3 Å². The van der Waals surface area contributed by atoms with Crippen molar-refractivity contribution >= 4 is 28.4 Å². The molecule has 106 valence electrons. The Balaban J connectivity index is 2.23. The van der Waals surface area contributed by atoms with Crippen molar-refractivity contribution in [1.82, 2.24) is 0 Å². The number of halogens is 2. The molecule has 2 rings (SSSR count). The highest BCUT2D eigenvalue weighted by Crippen LogP contribution is 2.22. The van der Waals surface area contributed by atoms with E-state index < -0.39 is 22.6 Å². The molecule has 0 saturated heterocycles. The van der Waals surface area contributed by atoms with Gasteiger partial charge in [-0.2, -0.15) is 0 Å². The van der Waals surface area contributed by atoms with Gasteiger partial charge >= 0.3 is 5.97 Å². The van der Waals surface area contributed by atoms with Crippen LogP contribution in [0.4, 0.5) is 4.39 Å². The molecule has 1 atom stereocenters. The Morgan fingerprint density at radius 2 is 2.15 bits per heavy atom. The SMILES string of the molecule is Cc1oc(C(=O)O)cc1CS(=O)c1ccc(F)c(Cl)c1. The molecule has 1 unspecified atom stereocenters. The summed E-state index contributed by atoms with van der Waals surface area (Å²) < 4.78 is 30.2. The third-order valence-electron chi connectivity index (χ3n) is 2.67. The number of hydrogen-bond acceptors (Lipinski definition) is 3. The Hall–Kier alpha value is -1.66. The number of benzene rings is 1. The first kappa shape index (κ1) is 14.7. The topological polar surface area (TPSA) is 67.5 Å². The normalized spacial score (nSPS) is 12.3. The summed E-state index contributed by atoms with van der Waals surface area (Å²) >= 11 is 5.63. The molecule has 0 spiro atoms. The van der Waals surface area contributed by atoms with E-state index in [9.17, 15) is 13.4 Å². The van der Waals surface area contributed by atoms with Gasteiger partial charge in [0.25, 0.3) is 0 Å². The van der Waals surface area contributed by atoms with Gasteiger partial charge in [0.2, 0.25) is 5.76 Å². The van der Waals surface area contributed by atoms with Gasteiger partial charge in [-0.1, -0.05) is 11.6 Å². The van der Waals surface area contributed by atoms with Crippen LogP contribution in [0.5, 0.6) is 0 Å². The van der Waals surface area contributed by atoms with Crippen LogP contribution in [0.3, 0.4) is 0 Å². The molecule has 0 radical (unpaired) electrons. The molecule has 20 heavy (non-hydrogen) atoms. The summed E-state index contributed by atoms with van der Waals surface area (Å²) in [5.74, 6) is -1.50. The van der Waals surface area contributed by atoms with Crippen LogP contribution in [0.1, 0.15) is 21.9 Å². The average molecular weight is 317 g/mol. The van der Waals surface area contributed by atoms with Gasteiger partial charge in [0.05, 0.1) is 21.6 Å². The Kier molecular flexibility index (Phi) is 4.25. The number of carboxylic acids is 1. The maximum Gasteiger partial charge on any atom is 0.371 e. The lowest BCUT2D eigenvalue weighted by atomic mass is 10.3. The summed E-state index contributed by atoms with van der Waals surface area (Å²) in [4.78, 5) is 11.1. The van der Waals surface area contributed by atoms with Crippen LogP contribution in [-0.2, 0) is 16.6 Å². The summed E-state index contributed by atoms with van der Waals surface area (Å²) in [6, 6.07) is 5.15. The van der Waals surface area contributed by atoms with Crippen molar-refractivity contribution in [3.63, 3.8) is 0 Å². The fraction of sp³-hybridized carbons (Fsp3) is 0.154. The molecule has 1 aromatic heterocycles. The van der Waals surface area contributed by atoms with Crippen molar-refractivity contribution in [2.24, 2.45) is 0 Å². The van der Waals surface area contributed by atoms with Gasteiger partial charge in [-0.3, -0.25) is 4.21 Å². The second-order valence-electron chi connectivity index (χ2n) is 4.06. The maximum atomic E-state index is 13.0. The smallest absolute Gasteiger partial charge is 0.371 e. The third kappa shape index (κ3) is 3.08. The molecule has 0 aliphatic rings. The quantitative estimate of drug-likeness (QED) is 0.939. The maximum absolute atomic E-state index is 13.0. The molecular weight excluding hydrogens is 307 g/mol. The number of carbonyl (C=O) groups is 1. The van der Waals surface area contributed by atoms with Crippen molar-refractivity contribution in [2.75, 3.05) is 0 Å². The summed E-state index contributed by atoms with van der Waals surface area (Å²) in [7, 11) is -1.47. The molecule has 0 bridgehead atoms. The number of aromatic carboxylic acids is 1. The van der Waals surface area contributed by atoms with Gasteiger partial charge in [-0.05, 0) is 31.2 Å². The van der Waals surface area contributed by atoms with E-state index in [1.54, 1.807) is 6.92 Å². The zero-order chi connectivity index (χ0) is 14.9. The Morgan fingerprint density at radius 1 is 1.45 bits per heavy atom. The molecule has 0 aliphatic carbocycles. The van der Waals surface area contributed by atoms with Crippen LogP contribution in [0.15, 0.2) is 33.6 Å². The Bertz CT molecular complexity index is 696. The molecule has 2 aromatic rings. The summed E-state index contributed by atoms with van der Waals surface area (Å²) in [5.41, 5.74) is 0.529. The first-order valence-electron chi connectivity index (χ1n) is 5.54. The van der Waals surface area contributed by atoms with Crippen molar-refractivity contribution in [3.8, 4) is 0 Å². The predicted molar refractivity (Wildman–Crippen MR) is 71.9 cm³/mol. The predicted octanol–water partition coefficient (Wildman–Crippen LogP) is 3.39. The second-order valence-corrected chi connectivity index (χ2v) is 5.92. The highest BCUT2D eigenvalue weighted by molar-refractivity contribution is 7.84. The van der Waals surface area contributed by atoms with Gasteiger partial charge in [-0.15, -0.1) is 0 Å². The summed E-state index contributed by atoms with van der Waals surface area (Å²) in [5, 5.41) is 8.71. The third-order valence-corrected chi connectivity index (χ3v) is 4.31. The lowest BCUT2D eigenvalue weighted by Gasteiger charge is -2.02. The average Bonchev–Trinajstić information content (AvgIpc) is 2.74. The molecule has 1 aromatic carbocycles. The van der Waals surface area contributed by atoms with E-state index in [1.807, 2.05) is 0 Å². The molecule has 0 fully saturated rings. The van der Waals surface area contributed by atoms with Crippen molar-refractivity contribution < 1.29 is 22.9 Å². The van der Waals surface area contributed by atoms with E-state index in [1.165, 1.54) is 18.2 Å². The molecule has 0 aliphatic heterocycles. The fourth-order valence-corrected chi connectivity index (χ4v) is 3.06. The van der Waals surface area contributed by atoms with Crippen molar-refractivity contribution in [3.05, 3.63) is 52.2 Å². The molecule has 0 amide bonds. The van der Waals surface area contributed by atoms with Gasteiger partial charge in [0.15, 0.2) is 0 Å². The van der Waals surface area contributed by atoms with E-state index in [0.717, 1.165) is 6.07 Å². The monoisotopic (exact) mass is 316 g/mol. The first-order chi connectivity index (χ1) is 9.38. The Morgan fingerprint density at radius 3 is 2.70 bits per heavy atom. The van der Waals surface area contributed by atoms with Crippen LogP contribution >= 0.6 is 11.6 Å². The van der Waals surface area contributed by atoms with Gasteiger partial charge < -0.3 is 9.52 Å². The van der Waals surface area contributed by atoms with Crippen molar-refractivity contribution in [2.45, 2.75) is 17.6 Å². The molecule has 1 N–H and O–H groups in total. The van der Waals surface area contributed by atoms with E-state index in [0.29, 0.717) is 16.2 Å². The molecular formula is C13H10ClFO4S. The fourth-order valence-electron chi connectivity index (χ4n) is 1.61. The van der Waals surface area contributed by atoms with Gasteiger partial charge in [-0.25, -0.2) is 9.18 Å². The minimum Gasteiger partial charge on any atom is -0.475 e. The standard InChI is InChI=1S/C13H10ClFO4S/c1-7-8(4-12(19-7)13(16)17)6-20(18)9-2-3-11(15)10(14)5-9/h2-5H,6H2,1H3,(H,16,17). The number of furan rings is 1. The van der Waals surface area contributed by atoms with Crippen LogP contribution in [0.25, 0.3) is 0 Å². The molecule has 1 heterocycles. The molecule has 7 heteroatoms. The van der Waals surface area contributed by atoms with E-state index in [4.69, 9.17) is 21.1 Å². The number of hydrogen-bond donors (Lipinski definition) is 1. The molecule has 0 saturated carbocycles. The lowest BCUT2D eigenvalue weighted by Crippen LogP contribution is -1.97. The summed E-state index contributed by atoms with van der Waals surface area (Å²) in [6.07, 6.45) is 0. The number of aryl methyl sites for hydroxylation is 1. The highest BCUT2D eigenvalue weighted by atomic mass is 35.5. The minimum atomic E-state index is -1.47. The van der Waals surface area contributed by atoms with E-state index in [-0.39, 0.29) is 16.5 Å². The van der Waals surface area contributed by atoms with E-state index >= 15 is 0 Å². The van der Waals surface area contributed by atoms with Gasteiger partial charge in [0, 0.05) is 10.5 Å². The molecule has 4 nitrogen and oxygen atoms in total. The number of rotatable bonds is 4. The first-order valence-corrected chi connectivity index (χ1v) is 7.24. The largest absolute Gasteiger partial charge is 0.475 e. The van der Waals surface area contributed by atoms with Crippen LogP contribution in [0, 0.1) is 12.7 Å². The number of carboxylic acid groups (broad SMARTS) is 1. The summed E-state index contributed by atoms with van der Waals surface area (Å²) in [6.45, 7) is 1.59. The lowest BCUT2D eigenvalue weighted by molar-refractivity contribution is 0.0661. The van der Waals surface area contributed by atoms with Crippen LogP contribution in [0.2, 0.25) is 5.02 Å². The zero-order valence-electron chi connectivity index (χ0n) is 10.4. The van der Waals surface area contributed by atoms with Crippen LogP contribution < -0.4 is 0 Å². The minimum absolute atomic E-state index is 0.0740. The Labute approximate surface area is 121 Å². The second kappa shape index (κ2) is 5.76. The van der Waals surface area contributed by atoms with E-state index in [2.05, 4.69) is 0 Å². The van der Waals surface area contributed by atoms with Crippen molar-refractivity contribution in [1.29, 1.82) is 0 Å². The highest BCUT2D eigenvalue weighted by Gasteiger charge is 2.16.